The molecule has 0 aromatic heterocycles. The molecule has 2 heteroatoms. The molecule has 0 aromatic rings. The average Bonchev–Trinajstić information content (AvgIpc) is 1.99. The van der Waals surface area contributed by atoms with Crippen LogP contribution in [0.3, 0.4) is 0 Å². The van der Waals surface area contributed by atoms with Gasteiger partial charge in [0.25, 0.3) is 0 Å². The van der Waals surface area contributed by atoms with Crippen LogP contribution in [0.2, 0.25) is 0 Å². The molecule has 1 atom stereocenters. The first-order valence-electron chi connectivity index (χ1n) is 3.28. The molecule has 0 aliphatic carbocycles. The molecule has 1 aliphatic heterocycles. The van der Waals surface area contributed by atoms with Crippen molar-refractivity contribution in [1.29, 1.82) is 0 Å². The predicted molar refractivity (Wildman–Crippen MR) is 33.5 cm³/mol. The molecule has 0 spiro atoms. The van der Waals surface area contributed by atoms with Gasteiger partial charge in [0, 0.05) is 5.92 Å². The summed E-state index contributed by atoms with van der Waals surface area (Å²) >= 11 is 0. The van der Waals surface area contributed by atoms with Crippen molar-refractivity contribution in [2.45, 2.75) is 19.8 Å². The van der Waals surface area contributed by atoms with E-state index >= 15 is 0 Å². The van der Waals surface area contributed by atoms with Gasteiger partial charge in [0.05, 0.1) is 6.61 Å². The fraction of sp³-hybridized carbons (Fsp3) is 0.714. The molecule has 0 N–H and O–H groups in total. The highest BCUT2D eigenvalue weighted by Crippen LogP contribution is 2.20. The number of halogens is 1. The van der Waals surface area contributed by atoms with Gasteiger partial charge in [-0.1, -0.05) is 6.92 Å². The molecule has 0 bridgehead atoms. The lowest BCUT2D eigenvalue weighted by molar-refractivity contribution is 0.245. The van der Waals surface area contributed by atoms with Crippen LogP contribution in [0.4, 0.5) is 4.39 Å². The highest BCUT2D eigenvalue weighted by molar-refractivity contribution is 4.92. The molecule has 0 radical (unpaired) electrons. The predicted octanol–water partition coefficient (Wildman–Crippen LogP) is 2.24. The summed E-state index contributed by atoms with van der Waals surface area (Å²) < 4.78 is 17.4. The van der Waals surface area contributed by atoms with Crippen LogP contribution < -0.4 is 0 Å². The molecule has 0 amide bonds. The number of allylic oxidation sites excluding steroid dienone is 1. The fourth-order valence-corrected chi connectivity index (χ4v) is 0.865. The Labute approximate surface area is 54.5 Å². The van der Waals surface area contributed by atoms with Crippen LogP contribution in [0, 0.1) is 5.92 Å². The molecule has 0 saturated carbocycles. The third kappa shape index (κ3) is 1.70. The second-order valence-electron chi connectivity index (χ2n) is 2.42. The standard InChI is InChI=1S/C7H11FO/c1-6-3-2-4-9-5-7(6)8/h5-6H,2-4H2,1H3. The monoisotopic (exact) mass is 130 g/mol. The fourth-order valence-electron chi connectivity index (χ4n) is 0.865. The zero-order valence-electron chi connectivity index (χ0n) is 5.56. The number of hydrogen-bond donors (Lipinski definition) is 0. The third-order valence-electron chi connectivity index (χ3n) is 1.57. The van der Waals surface area contributed by atoms with Crippen molar-refractivity contribution >= 4 is 0 Å². The van der Waals surface area contributed by atoms with E-state index in [1.807, 2.05) is 6.92 Å². The molecule has 0 aromatic carbocycles. The molecule has 1 heterocycles. The topological polar surface area (TPSA) is 9.23 Å². The summed E-state index contributed by atoms with van der Waals surface area (Å²) in [6, 6.07) is 0. The summed E-state index contributed by atoms with van der Waals surface area (Å²) in [5.41, 5.74) is 0. The van der Waals surface area contributed by atoms with Gasteiger partial charge in [0.1, 0.15) is 12.1 Å². The maximum absolute atomic E-state index is 12.6. The largest absolute Gasteiger partial charge is 0.498 e. The highest BCUT2D eigenvalue weighted by Gasteiger charge is 2.10. The van der Waals surface area contributed by atoms with Gasteiger partial charge in [-0.05, 0) is 12.8 Å². The minimum Gasteiger partial charge on any atom is -0.498 e. The minimum atomic E-state index is -0.118. The molecule has 1 nitrogen and oxygen atoms in total. The van der Waals surface area contributed by atoms with E-state index in [9.17, 15) is 4.39 Å². The molecule has 0 fully saturated rings. The smallest absolute Gasteiger partial charge is 0.137 e. The quantitative estimate of drug-likeness (QED) is 0.488. The number of ether oxygens (including phenoxy) is 1. The van der Waals surface area contributed by atoms with Crippen molar-refractivity contribution < 1.29 is 9.13 Å². The minimum absolute atomic E-state index is 0.0625. The van der Waals surface area contributed by atoms with Gasteiger partial charge in [-0.25, -0.2) is 4.39 Å². The van der Waals surface area contributed by atoms with E-state index in [2.05, 4.69) is 0 Å². The van der Waals surface area contributed by atoms with Crippen LogP contribution in [0.15, 0.2) is 12.1 Å². The van der Waals surface area contributed by atoms with E-state index in [4.69, 9.17) is 4.74 Å². The Morgan fingerprint density at radius 2 is 2.56 bits per heavy atom. The molecule has 52 valence electrons. The first kappa shape index (κ1) is 6.59. The number of hydrogen-bond acceptors (Lipinski definition) is 1. The Balaban J connectivity index is 2.51. The van der Waals surface area contributed by atoms with Crippen LogP contribution >= 0.6 is 0 Å². The van der Waals surface area contributed by atoms with E-state index < -0.39 is 0 Å². The van der Waals surface area contributed by atoms with Crippen molar-refractivity contribution in [2.24, 2.45) is 5.92 Å². The van der Waals surface area contributed by atoms with Gasteiger partial charge in [0.15, 0.2) is 0 Å². The van der Waals surface area contributed by atoms with E-state index in [0.717, 1.165) is 12.8 Å². The second-order valence-corrected chi connectivity index (χ2v) is 2.42. The Hall–Kier alpha value is -0.530. The Kier molecular flexibility index (Phi) is 2.09. The van der Waals surface area contributed by atoms with Gasteiger partial charge in [-0.3, -0.25) is 0 Å². The van der Waals surface area contributed by atoms with Crippen LogP contribution in [-0.4, -0.2) is 6.61 Å². The second kappa shape index (κ2) is 2.85. The summed E-state index contributed by atoms with van der Waals surface area (Å²) in [7, 11) is 0. The van der Waals surface area contributed by atoms with Crippen molar-refractivity contribution in [3.63, 3.8) is 0 Å². The van der Waals surface area contributed by atoms with Gasteiger partial charge >= 0.3 is 0 Å². The van der Waals surface area contributed by atoms with Crippen LogP contribution in [0.1, 0.15) is 19.8 Å². The van der Waals surface area contributed by atoms with Gasteiger partial charge in [0.2, 0.25) is 0 Å². The van der Waals surface area contributed by atoms with E-state index in [-0.39, 0.29) is 11.7 Å². The van der Waals surface area contributed by atoms with Crippen molar-refractivity contribution in [2.75, 3.05) is 6.61 Å². The SMILES string of the molecule is CC1CCCOC=C1F. The number of rotatable bonds is 0. The van der Waals surface area contributed by atoms with Crippen molar-refractivity contribution in [3.05, 3.63) is 12.1 Å². The maximum atomic E-state index is 12.6. The lowest BCUT2D eigenvalue weighted by Gasteiger charge is -2.01. The van der Waals surface area contributed by atoms with Crippen LogP contribution in [0.25, 0.3) is 0 Å². The zero-order valence-corrected chi connectivity index (χ0v) is 5.56. The molecule has 9 heavy (non-hydrogen) atoms. The lowest BCUT2D eigenvalue weighted by atomic mass is 10.1. The Morgan fingerprint density at radius 3 is 3.33 bits per heavy atom. The molecule has 1 unspecified atom stereocenters. The first-order valence-corrected chi connectivity index (χ1v) is 3.28. The molecular weight excluding hydrogens is 119 g/mol. The summed E-state index contributed by atoms with van der Waals surface area (Å²) in [5.74, 6) is -0.0556. The van der Waals surface area contributed by atoms with E-state index in [1.54, 1.807) is 0 Å². The van der Waals surface area contributed by atoms with Crippen molar-refractivity contribution in [1.82, 2.24) is 0 Å². The van der Waals surface area contributed by atoms with Gasteiger partial charge in [-0.2, -0.15) is 0 Å². The Morgan fingerprint density at radius 1 is 1.78 bits per heavy atom. The van der Waals surface area contributed by atoms with Crippen molar-refractivity contribution in [3.8, 4) is 0 Å². The molecule has 0 saturated heterocycles. The third-order valence-corrected chi connectivity index (χ3v) is 1.57. The maximum Gasteiger partial charge on any atom is 0.137 e. The highest BCUT2D eigenvalue weighted by atomic mass is 19.1. The van der Waals surface area contributed by atoms with Gasteiger partial charge < -0.3 is 4.74 Å². The summed E-state index contributed by atoms with van der Waals surface area (Å²) in [4.78, 5) is 0. The summed E-state index contributed by atoms with van der Waals surface area (Å²) in [5, 5.41) is 0. The first-order chi connectivity index (χ1) is 4.30. The average molecular weight is 130 g/mol. The molecular formula is C7H11FO. The van der Waals surface area contributed by atoms with Gasteiger partial charge in [-0.15, -0.1) is 0 Å². The van der Waals surface area contributed by atoms with Crippen LogP contribution in [-0.2, 0) is 4.74 Å². The normalized spacial score (nSPS) is 28.2. The molecule has 1 rings (SSSR count). The Bertz CT molecular complexity index is 120. The molecule has 1 aliphatic rings. The van der Waals surface area contributed by atoms with Crippen LogP contribution in [0.5, 0.6) is 0 Å². The summed E-state index contributed by atoms with van der Waals surface area (Å²) in [6.07, 6.45) is 3.10. The van der Waals surface area contributed by atoms with E-state index in [1.165, 1.54) is 6.26 Å². The van der Waals surface area contributed by atoms with E-state index in [0.29, 0.717) is 6.61 Å². The lowest BCUT2D eigenvalue weighted by Crippen LogP contribution is -1.92. The zero-order chi connectivity index (χ0) is 6.69. The summed E-state index contributed by atoms with van der Waals surface area (Å²) in [6.45, 7) is 2.54.